The third-order valence-electron chi connectivity index (χ3n) is 5.55. The molecule has 3 aromatic rings. The van der Waals surface area contributed by atoms with E-state index in [9.17, 15) is 23.1 Å². The molecule has 0 fully saturated rings. The molecule has 198 valence electrons. The first-order valence-corrected chi connectivity index (χ1v) is 13.9. The minimum atomic E-state index is -4.28. The van der Waals surface area contributed by atoms with E-state index >= 15 is 0 Å². The van der Waals surface area contributed by atoms with E-state index in [1.807, 2.05) is 25.1 Å². The summed E-state index contributed by atoms with van der Waals surface area (Å²) in [7, 11) is -4.28. The van der Waals surface area contributed by atoms with E-state index in [0.29, 0.717) is 29.1 Å². The van der Waals surface area contributed by atoms with Gasteiger partial charge in [-0.05, 0) is 56.9 Å². The average Bonchev–Trinajstić information content (AvgIpc) is 3.30. The predicted molar refractivity (Wildman–Crippen MR) is 140 cm³/mol. The largest absolute Gasteiger partial charge is 0.480 e. The van der Waals surface area contributed by atoms with Gasteiger partial charge in [0.25, 0.3) is 0 Å². The quantitative estimate of drug-likeness (QED) is 0.184. The fourth-order valence-electron chi connectivity index (χ4n) is 3.93. The number of rotatable bonds is 13. The first-order valence-electron chi connectivity index (χ1n) is 11.6. The van der Waals surface area contributed by atoms with Crippen LogP contribution < -0.4 is 15.8 Å². The van der Waals surface area contributed by atoms with E-state index in [1.54, 1.807) is 32.2 Å². The number of unbranched alkanes of at least 4 members (excludes halogenated alkanes) is 1. The van der Waals surface area contributed by atoms with Gasteiger partial charge in [-0.1, -0.05) is 35.1 Å². The number of hydrogen-bond acceptors (Lipinski definition) is 10. The van der Waals surface area contributed by atoms with Gasteiger partial charge >= 0.3 is 5.97 Å². The Labute approximate surface area is 219 Å². The van der Waals surface area contributed by atoms with Gasteiger partial charge in [0.2, 0.25) is 15.8 Å². The van der Waals surface area contributed by atoms with Gasteiger partial charge in [-0.2, -0.15) is 4.72 Å². The maximum absolute atomic E-state index is 13.1. The standard InChI is InChI=1S/C24H30N6O5S2/c1-14-12-15(2)22(16(3)13-14)37(34,35)30-20(24(32)33)19(25)21(31)23-29-28-18(36-23)9-5-7-11-27-17-8-4-6-10-26-17/h4,6,8,10,12-13,19-20,30H,5,7,9,11,25H2,1-3H3,(H,26,27)(H,32,33)/t19?,20-/m0/s1. The Morgan fingerprint density at radius 3 is 2.43 bits per heavy atom. The number of nitrogens with zero attached hydrogens (tertiary/aromatic N) is 3. The summed E-state index contributed by atoms with van der Waals surface area (Å²) in [4.78, 5) is 29.0. The molecule has 0 radical (unpaired) electrons. The summed E-state index contributed by atoms with van der Waals surface area (Å²) in [6, 6.07) is 5.39. The van der Waals surface area contributed by atoms with Crippen LogP contribution in [0, 0.1) is 20.8 Å². The predicted octanol–water partition coefficient (Wildman–Crippen LogP) is 2.23. The van der Waals surface area contributed by atoms with Crippen molar-refractivity contribution in [2.75, 3.05) is 11.9 Å². The number of anilines is 1. The third kappa shape index (κ3) is 7.38. The van der Waals surface area contributed by atoms with Crippen LogP contribution in [0.1, 0.15) is 44.3 Å². The van der Waals surface area contributed by atoms with Crippen LogP contribution in [0.2, 0.25) is 0 Å². The zero-order valence-electron chi connectivity index (χ0n) is 20.8. The Bertz CT molecular complexity index is 1340. The zero-order chi connectivity index (χ0) is 27.2. The van der Waals surface area contributed by atoms with E-state index in [1.165, 1.54) is 0 Å². The molecule has 0 saturated heterocycles. The molecule has 37 heavy (non-hydrogen) atoms. The molecule has 5 N–H and O–H groups in total. The van der Waals surface area contributed by atoms with Crippen molar-refractivity contribution in [1.82, 2.24) is 19.9 Å². The Balaban J connectivity index is 1.62. The highest BCUT2D eigenvalue weighted by molar-refractivity contribution is 7.89. The Morgan fingerprint density at radius 1 is 1.11 bits per heavy atom. The number of Topliss-reactive ketones (excluding diaryl/α,β-unsaturated/α-hetero) is 1. The molecule has 2 heterocycles. The second kappa shape index (κ2) is 12.3. The fourth-order valence-corrected chi connectivity index (χ4v) is 6.46. The number of nitrogens with one attached hydrogen (secondary N) is 2. The maximum atomic E-state index is 13.1. The van der Waals surface area contributed by atoms with Gasteiger partial charge in [-0.25, -0.2) is 13.4 Å². The van der Waals surface area contributed by atoms with Gasteiger partial charge in [-0.3, -0.25) is 9.59 Å². The van der Waals surface area contributed by atoms with Crippen molar-refractivity contribution in [2.45, 2.75) is 57.0 Å². The number of benzene rings is 1. The number of aryl methyl sites for hydroxylation is 4. The summed E-state index contributed by atoms with van der Waals surface area (Å²) in [5, 5.41) is 21.3. The maximum Gasteiger partial charge on any atom is 0.323 e. The number of aromatic nitrogens is 3. The number of sulfonamides is 1. The number of carbonyl (C=O) groups is 2. The summed E-state index contributed by atoms with van der Waals surface area (Å²) < 4.78 is 28.2. The summed E-state index contributed by atoms with van der Waals surface area (Å²) in [6.45, 7) is 5.78. The lowest BCUT2D eigenvalue weighted by Gasteiger charge is -2.21. The van der Waals surface area contributed by atoms with E-state index in [2.05, 4.69) is 25.2 Å². The number of carboxylic acid groups (broad SMARTS) is 1. The molecule has 0 spiro atoms. The molecular weight excluding hydrogens is 516 g/mol. The highest BCUT2D eigenvalue weighted by atomic mass is 32.2. The van der Waals surface area contributed by atoms with Crippen LogP contribution in [-0.4, -0.2) is 59.1 Å². The molecule has 1 aromatic carbocycles. The number of hydrogen-bond donors (Lipinski definition) is 4. The van der Waals surface area contributed by atoms with Crippen LogP contribution in [0.25, 0.3) is 0 Å². The molecule has 2 atom stereocenters. The van der Waals surface area contributed by atoms with Crippen molar-refractivity contribution in [1.29, 1.82) is 0 Å². The van der Waals surface area contributed by atoms with Gasteiger partial charge in [0.1, 0.15) is 16.9 Å². The number of carboxylic acids is 1. The molecule has 0 aliphatic carbocycles. The van der Waals surface area contributed by atoms with Crippen LogP contribution >= 0.6 is 11.3 Å². The minimum Gasteiger partial charge on any atom is -0.480 e. The highest BCUT2D eigenvalue weighted by Gasteiger charge is 2.37. The van der Waals surface area contributed by atoms with E-state index in [4.69, 9.17) is 5.73 Å². The smallest absolute Gasteiger partial charge is 0.323 e. The highest BCUT2D eigenvalue weighted by Crippen LogP contribution is 2.23. The van der Waals surface area contributed by atoms with Crippen LogP contribution in [-0.2, 0) is 21.2 Å². The lowest BCUT2D eigenvalue weighted by atomic mass is 10.1. The van der Waals surface area contributed by atoms with Crippen molar-refractivity contribution in [3.05, 3.63) is 63.2 Å². The van der Waals surface area contributed by atoms with Gasteiger partial charge in [0.15, 0.2) is 5.01 Å². The molecule has 0 bridgehead atoms. The molecular formula is C24H30N6O5S2. The first-order chi connectivity index (χ1) is 17.5. The fraction of sp³-hybridized carbons (Fsp3) is 0.375. The van der Waals surface area contributed by atoms with Gasteiger partial charge < -0.3 is 16.2 Å². The lowest BCUT2D eigenvalue weighted by Crippen LogP contribution is -2.55. The molecule has 1 unspecified atom stereocenters. The average molecular weight is 547 g/mol. The normalized spacial score (nSPS) is 13.2. The van der Waals surface area contributed by atoms with Crippen molar-refractivity contribution in [3.8, 4) is 0 Å². The van der Waals surface area contributed by atoms with Crippen LogP contribution in [0.5, 0.6) is 0 Å². The number of nitrogens with two attached hydrogens (primary N) is 1. The summed E-state index contributed by atoms with van der Waals surface area (Å²) in [5.74, 6) is -1.58. The SMILES string of the molecule is Cc1cc(C)c(S(=O)(=O)N[C@H](C(=O)O)C(N)C(=O)c2nnc(CCCCNc3ccccn3)s2)c(C)c1. The molecule has 13 heteroatoms. The minimum absolute atomic E-state index is 0.0419. The monoisotopic (exact) mass is 546 g/mol. The topological polar surface area (TPSA) is 177 Å². The lowest BCUT2D eigenvalue weighted by molar-refractivity contribution is -0.139. The number of pyridine rings is 1. The summed E-state index contributed by atoms with van der Waals surface area (Å²) in [6.07, 6.45) is 3.89. The first kappa shape index (κ1) is 28.3. The molecule has 0 saturated carbocycles. The molecule has 0 aliphatic heterocycles. The molecule has 2 aromatic heterocycles. The summed E-state index contributed by atoms with van der Waals surface area (Å²) in [5.41, 5.74) is 7.73. The van der Waals surface area contributed by atoms with E-state index in [0.717, 1.165) is 35.6 Å². The van der Waals surface area contributed by atoms with Crippen LogP contribution in [0.3, 0.4) is 0 Å². The molecule has 11 nitrogen and oxygen atoms in total. The molecule has 0 amide bonds. The Kier molecular flexibility index (Phi) is 9.43. The number of aliphatic carboxylic acids is 1. The van der Waals surface area contributed by atoms with Gasteiger partial charge in [0.05, 0.1) is 10.9 Å². The van der Waals surface area contributed by atoms with Crippen molar-refractivity contribution in [3.63, 3.8) is 0 Å². The number of ketones is 1. The Hall–Kier alpha value is -3.26. The summed E-state index contributed by atoms with van der Waals surface area (Å²) >= 11 is 1.02. The van der Waals surface area contributed by atoms with E-state index in [-0.39, 0.29) is 9.90 Å². The van der Waals surface area contributed by atoms with Crippen molar-refractivity contribution in [2.24, 2.45) is 5.73 Å². The van der Waals surface area contributed by atoms with Crippen molar-refractivity contribution < 1.29 is 23.1 Å². The Morgan fingerprint density at radius 2 is 1.81 bits per heavy atom. The second-order valence-electron chi connectivity index (χ2n) is 8.65. The van der Waals surface area contributed by atoms with Gasteiger partial charge in [0, 0.05) is 19.2 Å². The number of carbonyl (C=O) groups excluding carboxylic acids is 1. The third-order valence-corrected chi connectivity index (χ3v) is 8.29. The van der Waals surface area contributed by atoms with Gasteiger partial charge in [-0.15, -0.1) is 10.2 Å². The second-order valence-corrected chi connectivity index (χ2v) is 11.4. The van der Waals surface area contributed by atoms with E-state index < -0.39 is 33.9 Å². The van der Waals surface area contributed by atoms with Crippen molar-refractivity contribution >= 4 is 38.9 Å². The molecule has 0 aliphatic rings. The zero-order valence-corrected chi connectivity index (χ0v) is 22.4. The van der Waals surface area contributed by atoms with Crippen LogP contribution in [0.15, 0.2) is 41.4 Å². The molecule has 3 rings (SSSR count). The van der Waals surface area contributed by atoms with Crippen LogP contribution in [0.4, 0.5) is 5.82 Å².